The highest BCUT2D eigenvalue weighted by molar-refractivity contribution is 7.80. The van der Waals surface area contributed by atoms with E-state index in [0.29, 0.717) is 5.11 Å². The number of thiocarbonyl (C=S) groups is 1. The summed E-state index contributed by atoms with van der Waals surface area (Å²) in [4.78, 5) is 1.89. The van der Waals surface area contributed by atoms with Crippen molar-refractivity contribution in [2.24, 2.45) is 0 Å². The van der Waals surface area contributed by atoms with E-state index in [0.717, 1.165) is 11.3 Å². The van der Waals surface area contributed by atoms with E-state index in [2.05, 4.69) is 5.32 Å². The molecular weight excluding hydrogens is 220 g/mol. The van der Waals surface area contributed by atoms with E-state index >= 15 is 0 Å². The smallest absolute Gasteiger partial charge is 0.172 e. The number of rotatable bonds is 3. The summed E-state index contributed by atoms with van der Waals surface area (Å²) in [7, 11) is 3.71. The number of benzene rings is 1. The van der Waals surface area contributed by atoms with Gasteiger partial charge in [0.15, 0.2) is 5.11 Å². The molecule has 1 aromatic rings. The van der Waals surface area contributed by atoms with Crippen LogP contribution in [0.15, 0.2) is 30.3 Å². The molecule has 2 N–H and O–H groups in total. The average molecular weight is 236 g/mol. The van der Waals surface area contributed by atoms with Crippen LogP contribution in [0.5, 0.6) is 0 Å². The molecule has 0 bridgehead atoms. The summed E-state index contributed by atoms with van der Waals surface area (Å²) >= 11 is 5.15. The van der Waals surface area contributed by atoms with Crippen molar-refractivity contribution in [1.29, 1.82) is 0 Å². The van der Waals surface area contributed by atoms with Crippen molar-refractivity contribution in [3.05, 3.63) is 35.9 Å². The molecule has 0 heterocycles. The van der Waals surface area contributed by atoms with Crippen LogP contribution in [0, 0.1) is 0 Å². The van der Waals surface area contributed by atoms with Gasteiger partial charge in [0.25, 0.3) is 0 Å². The molecule has 16 heavy (non-hydrogen) atoms. The minimum Gasteiger partial charge on any atom is -0.392 e. The first-order chi connectivity index (χ1) is 7.69. The molecule has 0 fully saturated rings. The lowest BCUT2D eigenvalue weighted by molar-refractivity contribution is 0.343. The van der Waals surface area contributed by atoms with Gasteiger partial charge in [0, 0.05) is 19.8 Å². The van der Waals surface area contributed by atoms with Gasteiger partial charge in [-0.3, -0.25) is 0 Å². The molecule has 0 aliphatic carbocycles. The van der Waals surface area contributed by atoms with Gasteiger partial charge in [0.1, 0.15) is 0 Å². The number of anilines is 1. The highest BCUT2D eigenvalue weighted by Crippen LogP contribution is 2.15. The molecule has 4 heteroatoms. The largest absolute Gasteiger partial charge is 0.392 e. The Morgan fingerprint density at radius 2 is 2.31 bits per heavy atom. The van der Waals surface area contributed by atoms with Gasteiger partial charge in [-0.1, -0.05) is 24.3 Å². The molecule has 0 atom stereocenters. The lowest BCUT2D eigenvalue weighted by Crippen LogP contribution is -2.34. The van der Waals surface area contributed by atoms with Crippen molar-refractivity contribution >= 4 is 29.1 Å². The lowest BCUT2D eigenvalue weighted by Gasteiger charge is -2.19. The fourth-order valence-electron chi connectivity index (χ4n) is 1.31. The predicted octanol–water partition coefficient (Wildman–Crippen LogP) is 1.63. The van der Waals surface area contributed by atoms with Crippen LogP contribution in [0.2, 0.25) is 0 Å². The lowest BCUT2D eigenvalue weighted by atomic mass is 10.2. The van der Waals surface area contributed by atoms with Gasteiger partial charge < -0.3 is 15.3 Å². The van der Waals surface area contributed by atoms with Crippen LogP contribution in [0.4, 0.5) is 5.69 Å². The summed E-state index contributed by atoms with van der Waals surface area (Å²) in [5.41, 5.74) is 2.05. The molecule has 1 rings (SSSR count). The zero-order valence-corrected chi connectivity index (χ0v) is 10.3. The maximum atomic E-state index is 8.70. The SMILES string of the molecule is CNC(=S)N(C)c1cccc(/C=C/CO)c1. The van der Waals surface area contributed by atoms with Crippen LogP contribution >= 0.6 is 12.2 Å². The minimum atomic E-state index is 0.0506. The first-order valence-corrected chi connectivity index (χ1v) is 5.42. The molecule has 0 saturated carbocycles. The molecule has 0 unspecified atom stereocenters. The second-order valence-electron chi connectivity index (χ2n) is 3.29. The summed E-state index contributed by atoms with van der Waals surface area (Å²) in [6.45, 7) is 0.0506. The zero-order chi connectivity index (χ0) is 12.0. The first kappa shape index (κ1) is 12.7. The summed E-state index contributed by atoms with van der Waals surface area (Å²) in [6, 6.07) is 7.93. The Morgan fingerprint density at radius 3 is 2.94 bits per heavy atom. The number of hydrogen-bond acceptors (Lipinski definition) is 2. The monoisotopic (exact) mass is 236 g/mol. The fraction of sp³-hybridized carbons (Fsp3) is 0.250. The maximum Gasteiger partial charge on any atom is 0.172 e. The fourth-order valence-corrected chi connectivity index (χ4v) is 1.42. The Bertz CT molecular complexity index is 390. The molecule has 3 nitrogen and oxygen atoms in total. The van der Waals surface area contributed by atoms with E-state index in [9.17, 15) is 0 Å². The summed E-state index contributed by atoms with van der Waals surface area (Å²) in [5.74, 6) is 0. The summed E-state index contributed by atoms with van der Waals surface area (Å²) in [5, 5.41) is 12.3. The minimum absolute atomic E-state index is 0.0506. The molecule has 0 aromatic heterocycles. The Kier molecular flexibility index (Phi) is 4.95. The highest BCUT2D eigenvalue weighted by atomic mass is 32.1. The quantitative estimate of drug-likeness (QED) is 0.782. The molecule has 0 radical (unpaired) electrons. The third kappa shape index (κ3) is 3.32. The van der Waals surface area contributed by atoms with Crippen molar-refractivity contribution in [2.75, 3.05) is 25.6 Å². The van der Waals surface area contributed by atoms with Gasteiger partial charge in [-0.15, -0.1) is 0 Å². The van der Waals surface area contributed by atoms with E-state index in [1.807, 2.05) is 42.3 Å². The first-order valence-electron chi connectivity index (χ1n) is 5.02. The van der Waals surface area contributed by atoms with Crippen LogP contribution in [0.1, 0.15) is 5.56 Å². The van der Waals surface area contributed by atoms with Gasteiger partial charge in [-0.25, -0.2) is 0 Å². The van der Waals surface area contributed by atoms with E-state index in [1.54, 1.807) is 13.1 Å². The molecule has 0 aliphatic rings. The maximum absolute atomic E-state index is 8.70. The van der Waals surface area contributed by atoms with Gasteiger partial charge in [0.2, 0.25) is 0 Å². The molecule has 0 amide bonds. The molecular formula is C12H16N2OS. The Morgan fingerprint density at radius 1 is 1.56 bits per heavy atom. The van der Waals surface area contributed by atoms with Crippen LogP contribution in [0.3, 0.4) is 0 Å². The van der Waals surface area contributed by atoms with Crippen molar-refractivity contribution in [3.8, 4) is 0 Å². The number of aliphatic hydroxyl groups excluding tert-OH is 1. The molecule has 0 saturated heterocycles. The second-order valence-corrected chi connectivity index (χ2v) is 3.68. The molecule has 0 spiro atoms. The van der Waals surface area contributed by atoms with E-state index in [4.69, 9.17) is 17.3 Å². The van der Waals surface area contributed by atoms with Crippen LogP contribution < -0.4 is 10.2 Å². The van der Waals surface area contributed by atoms with E-state index in [-0.39, 0.29) is 6.61 Å². The number of aliphatic hydroxyl groups is 1. The Hall–Kier alpha value is -1.39. The number of hydrogen-bond donors (Lipinski definition) is 2. The van der Waals surface area contributed by atoms with Crippen molar-refractivity contribution < 1.29 is 5.11 Å². The zero-order valence-electron chi connectivity index (χ0n) is 9.47. The summed E-state index contributed by atoms with van der Waals surface area (Å²) in [6.07, 6.45) is 3.58. The highest BCUT2D eigenvalue weighted by Gasteiger charge is 2.04. The standard InChI is InChI=1S/C12H16N2OS/c1-13-12(16)14(2)11-7-3-5-10(9-11)6-4-8-15/h3-7,9,15H,8H2,1-2H3,(H,13,16)/b6-4+. The van der Waals surface area contributed by atoms with Crippen LogP contribution in [0.25, 0.3) is 6.08 Å². The van der Waals surface area contributed by atoms with Crippen LogP contribution in [-0.4, -0.2) is 30.9 Å². The molecule has 1 aromatic carbocycles. The van der Waals surface area contributed by atoms with Gasteiger partial charge in [-0.2, -0.15) is 0 Å². The Balaban J connectivity index is 2.89. The predicted molar refractivity (Wildman–Crippen MR) is 72.6 cm³/mol. The van der Waals surface area contributed by atoms with Crippen molar-refractivity contribution in [1.82, 2.24) is 5.32 Å². The van der Waals surface area contributed by atoms with Gasteiger partial charge in [0.05, 0.1) is 6.61 Å². The number of nitrogens with zero attached hydrogens (tertiary/aromatic N) is 1. The van der Waals surface area contributed by atoms with E-state index in [1.165, 1.54) is 0 Å². The molecule has 86 valence electrons. The normalized spacial score (nSPS) is 10.4. The summed E-state index contributed by atoms with van der Waals surface area (Å²) < 4.78 is 0. The Labute approximate surface area is 101 Å². The van der Waals surface area contributed by atoms with E-state index < -0.39 is 0 Å². The van der Waals surface area contributed by atoms with Gasteiger partial charge in [-0.05, 0) is 29.9 Å². The topological polar surface area (TPSA) is 35.5 Å². The third-order valence-corrected chi connectivity index (χ3v) is 2.67. The van der Waals surface area contributed by atoms with Crippen LogP contribution in [-0.2, 0) is 0 Å². The number of nitrogens with one attached hydrogen (secondary N) is 1. The van der Waals surface area contributed by atoms with Gasteiger partial charge >= 0.3 is 0 Å². The second kappa shape index (κ2) is 6.25. The average Bonchev–Trinajstić information content (AvgIpc) is 2.34. The molecule has 0 aliphatic heterocycles. The third-order valence-electron chi connectivity index (χ3n) is 2.19. The van der Waals surface area contributed by atoms with Crippen molar-refractivity contribution in [2.45, 2.75) is 0 Å². The van der Waals surface area contributed by atoms with Crippen molar-refractivity contribution in [3.63, 3.8) is 0 Å².